The first-order valence-electron chi connectivity index (χ1n) is 3.58. The Labute approximate surface area is 72.7 Å². The predicted molar refractivity (Wildman–Crippen MR) is 44.7 cm³/mol. The number of aromatic amines is 1. The lowest BCUT2D eigenvalue weighted by molar-refractivity contribution is 0.0698. The molecule has 0 aliphatic rings. The summed E-state index contributed by atoms with van der Waals surface area (Å²) in [5.74, 6) is -1.19. The minimum absolute atomic E-state index is 0.00347. The number of carboxylic acids is 1. The molecule has 0 saturated carbocycles. The first-order valence-corrected chi connectivity index (χ1v) is 3.58. The normalized spacial score (nSPS) is 10.5. The van der Waals surface area contributed by atoms with Crippen molar-refractivity contribution in [2.75, 3.05) is 0 Å². The molecule has 0 atom stereocenters. The molecule has 1 aromatic carbocycles. The molecule has 1 aromatic heterocycles. The minimum atomic E-state index is -1.10. The third kappa shape index (κ3) is 1.10. The van der Waals surface area contributed by atoms with Crippen LogP contribution in [0.5, 0.6) is 5.75 Å². The van der Waals surface area contributed by atoms with Crippen LogP contribution in [-0.2, 0) is 0 Å². The van der Waals surface area contributed by atoms with Crippen LogP contribution in [0.1, 0.15) is 10.4 Å². The molecule has 0 amide bonds. The van der Waals surface area contributed by atoms with Crippen molar-refractivity contribution in [1.82, 2.24) is 9.97 Å². The second kappa shape index (κ2) is 2.48. The maximum absolute atomic E-state index is 10.7. The number of rotatable bonds is 1. The largest absolute Gasteiger partial charge is 0.508 e. The fraction of sp³-hybridized carbons (Fsp3) is 0. The van der Waals surface area contributed by atoms with Gasteiger partial charge in [-0.25, -0.2) is 9.78 Å². The molecule has 66 valence electrons. The van der Waals surface area contributed by atoms with Gasteiger partial charge in [-0.3, -0.25) is 0 Å². The SMILES string of the molecule is O=C(O)c1cc(O)cc2[nH]cnc12. The summed E-state index contributed by atoms with van der Waals surface area (Å²) in [5.41, 5.74) is 0.860. The van der Waals surface area contributed by atoms with Crippen molar-refractivity contribution in [3.05, 3.63) is 24.0 Å². The lowest BCUT2D eigenvalue weighted by Crippen LogP contribution is -1.97. The standard InChI is InChI=1S/C8H6N2O3/c11-4-1-5(8(12)13)7-6(2-4)9-3-10-7/h1-3,11H,(H,9,10)(H,12,13). The number of imidazole rings is 1. The molecule has 0 spiro atoms. The zero-order chi connectivity index (χ0) is 9.42. The molecule has 5 heteroatoms. The van der Waals surface area contributed by atoms with E-state index in [1.165, 1.54) is 18.5 Å². The van der Waals surface area contributed by atoms with Gasteiger partial charge in [0.15, 0.2) is 0 Å². The Bertz CT molecular complexity index is 475. The summed E-state index contributed by atoms with van der Waals surface area (Å²) in [5, 5.41) is 17.9. The lowest BCUT2D eigenvalue weighted by Gasteiger charge is -1.97. The van der Waals surface area contributed by atoms with Crippen molar-refractivity contribution in [1.29, 1.82) is 0 Å². The number of carboxylic acid groups (broad SMARTS) is 1. The van der Waals surface area contributed by atoms with Gasteiger partial charge in [0.1, 0.15) is 11.3 Å². The Morgan fingerprint density at radius 1 is 1.46 bits per heavy atom. The number of hydrogen-bond donors (Lipinski definition) is 3. The van der Waals surface area contributed by atoms with Crippen LogP contribution < -0.4 is 0 Å². The van der Waals surface area contributed by atoms with Crippen molar-refractivity contribution in [2.45, 2.75) is 0 Å². The van der Waals surface area contributed by atoms with Gasteiger partial charge in [0.25, 0.3) is 0 Å². The van der Waals surface area contributed by atoms with Crippen molar-refractivity contribution >= 4 is 17.0 Å². The van der Waals surface area contributed by atoms with Crippen LogP contribution >= 0.6 is 0 Å². The summed E-state index contributed by atoms with van der Waals surface area (Å²) in [6.07, 6.45) is 1.39. The number of hydrogen-bond acceptors (Lipinski definition) is 3. The fourth-order valence-electron chi connectivity index (χ4n) is 1.20. The summed E-state index contributed by atoms with van der Waals surface area (Å²) in [7, 11) is 0. The van der Waals surface area contributed by atoms with Gasteiger partial charge < -0.3 is 15.2 Å². The van der Waals surface area contributed by atoms with Gasteiger partial charge in [0, 0.05) is 6.07 Å². The number of H-pyrrole nitrogens is 1. The van der Waals surface area contributed by atoms with Gasteiger partial charge in [0.2, 0.25) is 0 Å². The molecular weight excluding hydrogens is 172 g/mol. The van der Waals surface area contributed by atoms with Crippen LogP contribution in [0.15, 0.2) is 18.5 Å². The van der Waals surface area contributed by atoms with E-state index in [4.69, 9.17) is 10.2 Å². The highest BCUT2D eigenvalue weighted by atomic mass is 16.4. The molecule has 1 heterocycles. The van der Waals surface area contributed by atoms with Gasteiger partial charge in [-0.1, -0.05) is 0 Å². The number of benzene rings is 1. The Kier molecular flexibility index (Phi) is 1.45. The average Bonchev–Trinajstić information content (AvgIpc) is 2.49. The van der Waals surface area contributed by atoms with E-state index < -0.39 is 5.97 Å². The molecule has 0 radical (unpaired) electrons. The summed E-state index contributed by atoms with van der Waals surface area (Å²) in [6.45, 7) is 0. The van der Waals surface area contributed by atoms with Crippen LogP contribution in [0.3, 0.4) is 0 Å². The zero-order valence-corrected chi connectivity index (χ0v) is 6.48. The van der Waals surface area contributed by atoms with E-state index in [0.717, 1.165) is 0 Å². The maximum atomic E-state index is 10.7. The van der Waals surface area contributed by atoms with E-state index in [-0.39, 0.29) is 11.3 Å². The minimum Gasteiger partial charge on any atom is -0.508 e. The Morgan fingerprint density at radius 2 is 2.23 bits per heavy atom. The summed E-state index contributed by atoms with van der Waals surface area (Å²) < 4.78 is 0. The Hall–Kier alpha value is -2.04. The molecular formula is C8H6N2O3. The average molecular weight is 178 g/mol. The molecule has 0 fully saturated rings. The molecule has 0 aliphatic carbocycles. The molecule has 3 N–H and O–H groups in total. The summed E-state index contributed by atoms with van der Waals surface area (Å²) in [6, 6.07) is 2.60. The van der Waals surface area contributed by atoms with E-state index in [9.17, 15) is 4.79 Å². The third-order valence-electron chi connectivity index (χ3n) is 1.74. The Balaban J connectivity index is 2.84. The van der Waals surface area contributed by atoms with E-state index in [0.29, 0.717) is 11.0 Å². The van der Waals surface area contributed by atoms with Crippen LogP contribution in [0.4, 0.5) is 0 Å². The third-order valence-corrected chi connectivity index (χ3v) is 1.74. The second-order valence-electron chi connectivity index (χ2n) is 2.60. The number of carbonyl (C=O) groups is 1. The number of fused-ring (bicyclic) bond motifs is 1. The highest BCUT2D eigenvalue weighted by Gasteiger charge is 2.11. The van der Waals surface area contributed by atoms with Crippen molar-refractivity contribution < 1.29 is 15.0 Å². The summed E-state index contributed by atoms with van der Waals surface area (Å²) >= 11 is 0. The second-order valence-corrected chi connectivity index (χ2v) is 2.60. The number of aromatic hydroxyl groups is 1. The molecule has 0 aliphatic heterocycles. The van der Waals surface area contributed by atoms with Crippen LogP contribution in [-0.4, -0.2) is 26.2 Å². The highest BCUT2D eigenvalue weighted by molar-refractivity contribution is 6.01. The highest BCUT2D eigenvalue weighted by Crippen LogP contribution is 2.21. The van der Waals surface area contributed by atoms with Gasteiger partial charge in [0.05, 0.1) is 17.4 Å². The zero-order valence-electron chi connectivity index (χ0n) is 6.48. The van der Waals surface area contributed by atoms with E-state index in [2.05, 4.69) is 9.97 Å². The monoisotopic (exact) mass is 178 g/mol. The summed E-state index contributed by atoms with van der Waals surface area (Å²) in [4.78, 5) is 17.3. The predicted octanol–water partition coefficient (Wildman–Crippen LogP) is 0.967. The van der Waals surface area contributed by atoms with Gasteiger partial charge in [-0.05, 0) is 6.07 Å². The molecule has 2 rings (SSSR count). The molecule has 0 unspecified atom stereocenters. The fourth-order valence-corrected chi connectivity index (χ4v) is 1.20. The smallest absolute Gasteiger partial charge is 0.338 e. The van der Waals surface area contributed by atoms with Crippen molar-refractivity contribution in [3.63, 3.8) is 0 Å². The van der Waals surface area contributed by atoms with Gasteiger partial charge >= 0.3 is 5.97 Å². The van der Waals surface area contributed by atoms with Crippen LogP contribution in [0.2, 0.25) is 0 Å². The molecule has 2 aromatic rings. The van der Waals surface area contributed by atoms with E-state index in [1.807, 2.05) is 0 Å². The van der Waals surface area contributed by atoms with Gasteiger partial charge in [-0.15, -0.1) is 0 Å². The Morgan fingerprint density at radius 3 is 2.92 bits per heavy atom. The lowest BCUT2D eigenvalue weighted by atomic mass is 10.2. The topological polar surface area (TPSA) is 86.2 Å². The molecule has 13 heavy (non-hydrogen) atoms. The van der Waals surface area contributed by atoms with E-state index in [1.54, 1.807) is 0 Å². The molecule has 0 bridgehead atoms. The molecule has 0 saturated heterocycles. The number of aromatic nitrogens is 2. The maximum Gasteiger partial charge on any atom is 0.338 e. The van der Waals surface area contributed by atoms with Crippen LogP contribution in [0.25, 0.3) is 11.0 Å². The van der Waals surface area contributed by atoms with Crippen molar-refractivity contribution in [2.24, 2.45) is 0 Å². The number of phenolic OH excluding ortho intramolecular Hbond substituents is 1. The quantitative estimate of drug-likeness (QED) is 0.607. The van der Waals surface area contributed by atoms with Crippen LogP contribution in [0, 0.1) is 0 Å². The first-order chi connectivity index (χ1) is 6.18. The number of phenols is 1. The van der Waals surface area contributed by atoms with Crippen molar-refractivity contribution in [3.8, 4) is 5.75 Å². The number of aromatic carboxylic acids is 1. The molecule has 5 nitrogen and oxygen atoms in total. The van der Waals surface area contributed by atoms with E-state index >= 15 is 0 Å². The number of nitrogens with zero attached hydrogens (tertiary/aromatic N) is 1. The first kappa shape index (κ1) is 7.60. The number of nitrogens with one attached hydrogen (secondary N) is 1. The van der Waals surface area contributed by atoms with Gasteiger partial charge in [-0.2, -0.15) is 0 Å².